The molecule has 0 bridgehead atoms. The molecule has 1 atom stereocenters. The molecule has 0 aliphatic carbocycles. The summed E-state index contributed by atoms with van der Waals surface area (Å²) < 4.78 is 5.68. The summed E-state index contributed by atoms with van der Waals surface area (Å²) in [4.78, 5) is 27.4. The molecule has 0 saturated carbocycles. The molecule has 4 rings (SSSR count). The lowest BCUT2D eigenvalue weighted by Crippen LogP contribution is -2.31. The van der Waals surface area contributed by atoms with E-state index in [1.165, 1.54) is 4.90 Å². The van der Waals surface area contributed by atoms with Crippen LogP contribution in [0.5, 0.6) is 0 Å². The monoisotopic (exact) mass is 395 g/mol. The predicted molar refractivity (Wildman–Crippen MR) is 106 cm³/mol. The quantitative estimate of drug-likeness (QED) is 0.612. The number of amides is 1. The first-order chi connectivity index (χ1) is 13.5. The lowest BCUT2D eigenvalue weighted by molar-refractivity contribution is -0.129. The molecule has 1 N–H and O–H groups in total. The van der Waals surface area contributed by atoms with Crippen molar-refractivity contribution in [2.24, 2.45) is 0 Å². The van der Waals surface area contributed by atoms with Crippen molar-refractivity contribution < 1.29 is 19.1 Å². The lowest BCUT2D eigenvalue weighted by Gasteiger charge is -2.26. The summed E-state index contributed by atoms with van der Waals surface area (Å²) in [5, 5.41) is 11.9. The summed E-state index contributed by atoms with van der Waals surface area (Å²) in [7, 11) is 0. The minimum atomic E-state index is -0.689. The number of carbonyl (C=O) groups is 2. The van der Waals surface area contributed by atoms with E-state index in [1.807, 2.05) is 25.1 Å². The van der Waals surface area contributed by atoms with Crippen LogP contribution in [0.3, 0.4) is 0 Å². The van der Waals surface area contributed by atoms with Crippen LogP contribution >= 0.6 is 11.6 Å². The van der Waals surface area contributed by atoms with Gasteiger partial charge in [0.15, 0.2) is 11.5 Å². The molecule has 1 aliphatic rings. The minimum Gasteiger partial charge on any atom is -0.503 e. The number of Topliss-reactive ketones (excluding diaryl/α,β-unsaturated/α-hetero) is 1. The van der Waals surface area contributed by atoms with Gasteiger partial charge < -0.3 is 14.4 Å². The molecule has 0 radical (unpaired) electrons. The third kappa shape index (κ3) is 2.98. The number of aliphatic hydroxyl groups excluding tert-OH is 1. The Balaban J connectivity index is 1.82. The van der Waals surface area contributed by atoms with Crippen LogP contribution in [0.4, 0.5) is 0 Å². The number of aliphatic hydroxyl groups is 1. The second-order valence-corrected chi connectivity index (χ2v) is 7.13. The van der Waals surface area contributed by atoms with E-state index in [4.69, 9.17) is 16.0 Å². The third-order valence-corrected chi connectivity index (χ3v) is 5.10. The highest BCUT2D eigenvalue weighted by molar-refractivity contribution is 6.30. The maximum absolute atomic E-state index is 13.3. The molecule has 0 spiro atoms. The van der Waals surface area contributed by atoms with Gasteiger partial charge in [0, 0.05) is 17.0 Å². The molecule has 2 heterocycles. The van der Waals surface area contributed by atoms with E-state index in [0.29, 0.717) is 29.1 Å². The van der Waals surface area contributed by atoms with Crippen molar-refractivity contribution in [3.8, 4) is 0 Å². The molecule has 5 nitrogen and oxygen atoms in total. The highest BCUT2D eigenvalue weighted by Gasteiger charge is 2.44. The van der Waals surface area contributed by atoms with Gasteiger partial charge in [0.25, 0.3) is 5.91 Å². The fourth-order valence-electron chi connectivity index (χ4n) is 3.58. The van der Waals surface area contributed by atoms with Crippen molar-refractivity contribution in [1.29, 1.82) is 0 Å². The number of fused-ring (bicyclic) bond motifs is 1. The maximum atomic E-state index is 13.3. The van der Waals surface area contributed by atoms with Gasteiger partial charge in [0.1, 0.15) is 5.58 Å². The molecule has 0 saturated heterocycles. The van der Waals surface area contributed by atoms with Crippen molar-refractivity contribution >= 4 is 34.3 Å². The highest BCUT2D eigenvalue weighted by Crippen LogP contribution is 2.39. The molecule has 0 fully saturated rings. The molecule has 1 unspecified atom stereocenters. The normalized spacial score (nSPS) is 17.0. The first kappa shape index (κ1) is 18.3. The Labute approximate surface area is 166 Å². The second-order valence-electron chi connectivity index (χ2n) is 6.69. The number of ketones is 1. The average Bonchev–Trinajstić information content (AvgIpc) is 3.23. The largest absolute Gasteiger partial charge is 0.503 e. The number of benzene rings is 2. The number of para-hydroxylation sites is 1. The van der Waals surface area contributed by atoms with Crippen molar-refractivity contribution in [2.45, 2.75) is 19.4 Å². The van der Waals surface area contributed by atoms with Gasteiger partial charge in [-0.3, -0.25) is 9.59 Å². The van der Waals surface area contributed by atoms with E-state index in [9.17, 15) is 14.7 Å². The smallest absolute Gasteiger partial charge is 0.290 e. The summed E-state index contributed by atoms with van der Waals surface area (Å²) in [6, 6.07) is 15.1. The third-order valence-electron chi connectivity index (χ3n) is 4.85. The summed E-state index contributed by atoms with van der Waals surface area (Å²) in [5.74, 6) is -1.49. The first-order valence-electron chi connectivity index (χ1n) is 9.04. The lowest BCUT2D eigenvalue weighted by atomic mass is 9.95. The second kappa shape index (κ2) is 7.17. The van der Waals surface area contributed by atoms with Gasteiger partial charge in [-0.15, -0.1) is 0 Å². The Morgan fingerprint density at radius 2 is 1.89 bits per heavy atom. The fourth-order valence-corrected chi connectivity index (χ4v) is 3.70. The van der Waals surface area contributed by atoms with Gasteiger partial charge in [0.05, 0.1) is 11.6 Å². The Kier molecular flexibility index (Phi) is 4.69. The molecule has 1 aliphatic heterocycles. The molecule has 1 aromatic heterocycles. The summed E-state index contributed by atoms with van der Waals surface area (Å²) >= 11 is 5.99. The van der Waals surface area contributed by atoms with E-state index >= 15 is 0 Å². The number of hydrogen-bond donors (Lipinski definition) is 1. The molecule has 1 amide bonds. The fraction of sp³-hybridized carbons (Fsp3) is 0.182. The molecular weight excluding hydrogens is 378 g/mol. The van der Waals surface area contributed by atoms with Crippen LogP contribution in [0, 0.1) is 0 Å². The van der Waals surface area contributed by atoms with Crippen LogP contribution < -0.4 is 0 Å². The van der Waals surface area contributed by atoms with Gasteiger partial charge in [-0.1, -0.05) is 48.9 Å². The number of rotatable bonds is 5. The average molecular weight is 396 g/mol. The van der Waals surface area contributed by atoms with Gasteiger partial charge in [-0.05, 0) is 36.2 Å². The zero-order chi connectivity index (χ0) is 19.8. The SMILES string of the molecule is CCCN1C(=O)C(O)=C(C(=O)c2cc3ccccc3o2)C1c1ccc(Cl)cc1. The maximum Gasteiger partial charge on any atom is 0.290 e. The predicted octanol–water partition coefficient (Wildman–Crippen LogP) is 5.07. The van der Waals surface area contributed by atoms with Crippen molar-refractivity contribution in [3.05, 3.63) is 82.3 Å². The Morgan fingerprint density at radius 3 is 2.57 bits per heavy atom. The topological polar surface area (TPSA) is 70.8 Å². The molecule has 2 aromatic carbocycles. The van der Waals surface area contributed by atoms with Crippen LogP contribution in [0.25, 0.3) is 11.0 Å². The molecule has 3 aromatic rings. The molecule has 6 heteroatoms. The van der Waals surface area contributed by atoms with E-state index in [-0.39, 0.29) is 11.3 Å². The van der Waals surface area contributed by atoms with E-state index in [2.05, 4.69) is 0 Å². The number of hydrogen-bond acceptors (Lipinski definition) is 4. The Bertz CT molecular complexity index is 1060. The summed E-state index contributed by atoms with van der Waals surface area (Å²) in [6.07, 6.45) is 0.690. The van der Waals surface area contributed by atoms with E-state index in [1.54, 1.807) is 36.4 Å². The number of furan rings is 1. The standard InChI is InChI=1S/C22H18ClNO4/c1-2-11-24-19(13-7-9-15(23)10-8-13)18(21(26)22(24)27)20(25)17-12-14-5-3-4-6-16(14)28-17/h3-10,12,19,26H,2,11H2,1H3. The van der Waals surface area contributed by atoms with Crippen LogP contribution in [0.2, 0.25) is 5.02 Å². The summed E-state index contributed by atoms with van der Waals surface area (Å²) in [6.45, 7) is 2.34. The zero-order valence-electron chi connectivity index (χ0n) is 15.2. The summed E-state index contributed by atoms with van der Waals surface area (Å²) in [5.41, 5.74) is 1.30. The van der Waals surface area contributed by atoms with Gasteiger partial charge in [-0.25, -0.2) is 0 Å². The van der Waals surface area contributed by atoms with Crippen LogP contribution in [0.15, 0.2) is 70.3 Å². The van der Waals surface area contributed by atoms with Gasteiger partial charge in [-0.2, -0.15) is 0 Å². The van der Waals surface area contributed by atoms with Crippen molar-refractivity contribution in [3.63, 3.8) is 0 Å². The highest BCUT2D eigenvalue weighted by atomic mass is 35.5. The van der Waals surface area contributed by atoms with E-state index < -0.39 is 23.5 Å². The van der Waals surface area contributed by atoms with Crippen LogP contribution in [0.1, 0.15) is 35.5 Å². The van der Waals surface area contributed by atoms with Gasteiger partial charge in [0.2, 0.25) is 5.78 Å². The zero-order valence-corrected chi connectivity index (χ0v) is 15.9. The number of carbonyl (C=O) groups excluding carboxylic acids is 2. The van der Waals surface area contributed by atoms with Crippen LogP contribution in [-0.4, -0.2) is 28.2 Å². The van der Waals surface area contributed by atoms with Gasteiger partial charge >= 0.3 is 0 Å². The number of halogens is 1. The van der Waals surface area contributed by atoms with Crippen molar-refractivity contribution in [2.75, 3.05) is 6.54 Å². The van der Waals surface area contributed by atoms with Crippen LogP contribution in [-0.2, 0) is 4.79 Å². The Hall–Kier alpha value is -3.05. The first-order valence-corrected chi connectivity index (χ1v) is 9.42. The molecule has 142 valence electrons. The molecule has 28 heavy (non-hydrogen) atoms. The van der Waals surface area contributed by atoms with Crippen molar-refractivity contribution in [1.82, 2.24) is 4.90 Å². The minimum absolute atomic E-state index is 0.0276. The van der Waals surface area contributed by atoms with E-state index in [0.717, 1.165) is 5.39 Å². The Morgan fingerprint density at radius 1 is 1.18 bits per heavy atom. The molecular formula is C22H18ClNO4. The number of nitrogens with zero attached hydrogens (tertiary/aromatic N) is 1.